The standard InChI is InChI=1S/C17H30N2O2/c1-4-17(2,21-16-8-5-6-15-20-16)9-7-10-19-13-11-18(3)12-14-19/h16H,4-6,8,10-15H2,1-3H3/p+2/t16-,17-/m1/s1. The van der Waals surface area contributed by atoms with Crippen molar-refractivity contribution >= 4 is 0 Å². The Kier molecular flexibility index (Phi) is 6.50. The molecule has 2 fully saturated rings. The van der Waals surface area contributed by atoms with Gasteiger partial charge in [0.2, 0.25) is 0 Å². The van der Waals surface area contributed by atoms with Crippen molar-refractivity contribution in [2.75, 3.05) is 46.4 Å². The van der Waals surface area contributed by atoms with E-state index in [0.29, 0.717) is 0 Å². The first-order chi connectivity index (χ1) is 10.1. The number of likely N-dealkylation sites (N-methyl/N-ethyl adjacent to an activating group) is 1. The molecule has 0 aliphatic carbocycles. The van der Waals surface area contributed by atoms with Crippen molar-refractivity contribution in [3.05, 3.63) is 0 Å². The fraction of sp³-hybridized carbons (Fsp3) is 0.882. The molecule has 0 saturated carbocycles. The lowest BCUT2D eigenvalue weighted by Gasteiger charge is -2.31. The van der Waals surface area contributed by atoms with Crippen LogP contribution in [0, 0.1) is 11.8 Å². The monoisotopic (exact) mass is 296 g/mol. The molecule has 2 saturated heterocycles. The van der Waals surface area contributed by atoms with Crippen LogP contribution in [0.25, 0.3) is 0 Å². The molecule has 2 aliphatic heterocycles. The summed E-state index contributed by atoms with van der Waals surface area (Å²) in [4.78, 5) is 3.25. The quantitative estimate of drug-likeness (QED) is 0.659. The molecule has 2 N–H and O–H groups in total. The molecule has 21 heavy (non-hydrogen) atoms. The van der Waals surface area contributed by atoms with Gasteiger partial charge in [-0.2, -0.15) is 0 Å². The summed E-state index contributed by atoms with van der Waals surface area (Å²) < 4.78 is 11.8. The molecule has 0 spiro atoms. The zero-order chi connectivity index (χ0) is 15.1. The molecule has 4 heteroatoms. The zero-order valence-electron chi connectivity index (χ0n) is 14.0. The lowest BCUT2D eigenvalue weighted by Crippen LogP contribution is -3.26. The summed E-state index contributed by atoms with van der Waals surface area (Å²) in [6, 6.07) is 0. The van der Waals surface area contributed by atoms with E-state index in [1.54, 1.807) is 9.80 Å². The third-order valence-corrected chi connectivity index (χ3v) is 4.71. The molecule has 0 amide bonds. The molecule has 2 atom stereocenters. The molecule has 2 heterocycles. The van der Waals surface area contributed by atoms with E-state index in [9.17, 15) is 0 Å². The Labute approximate surface area is 129 Å². The molecule has 0 aromatic heterocycles. The number of nitrogens with one attached hydrogen (secondary N) is 2. The largest absolute Gasteiger partial charge is 0.353 e. The van der Waals surface area contributed by atoms with Crippen LogP contribution >= 0.6 is 0 Å². The van der Waals surface area contributed by atoms with Crippen molar-refractivity contribution in [2.45, 2.75) is 51.4 Å². The van der Waals surface area contributed by atoms with Gasteiger partial charge in [0.1, 0.15) is 38.3 Å². The Morgan fingerprint density at radius 3 is 2.62 bits per heavy atom. The number of hydrogen-bond acceptors (Lipinski definition) is 2. The highest BCUT2D eigenvalue weighted by Gasteiger charge is 2.27. The molecule has 0 aromatic carbocycles. The molecule has 2 rings (SSSR count). The summed E-state index contributed by atoms with van der Waals surface area (Å²) >= 11 is 0. The van der Waals surface area contributed by atoms with Gasteiger partial charge in [-0.05, 0) is 38.5 Å². The second-order valence-corrected chi connectivity index (χ2v) is 6.68. The summed E-state index contributed by atoms with van der Waals surface area (Å²) in [5, 5.41) is 0. The molecular formula is C17H32N2O2+2. The van der Waals surface area contributed by atoms with Crippen LogP contribution in [0.15, 0.2) is 0 Å². The maximum atomic E-state index is 6.13. The first-order valence-corrected chi connectivity index (χ1v) is 8.55. The van der Waals surface area contributed by atoms with Gasteiger partial charge >= 0.3 is 0 Å². The normalized spacial score (nSPS) is 32.8. The summed E-state index contributed by atoms with van der Waals surface area (Å²) in [7, 11) is 2.27. The van der Waals surface area contributed by atoms with Crippen LogP contribution in [0.1, 0.15) is 39.5 Å². The predicted molar refractivity (Wildman–Crippen MR) is 83.3 cm³/mol. The second-order valence-electron chi connectivity index (χ2n) is 6.68. The van der Waals surface area contributed by atoms with Crippen molar-refractivity contribution in [2.24, 2.45) is 0 Å². The van der Waals surface area contributed by atoms with E-state index in [2.05, 4.69) is 32.7 Å². The molecule has 0 radical (unpaired) electrons. The van der Waals surface area contributed by atoms with Gasteiger partial charge in [-0.25, -0.2) is 0 Å². The van der Waals surface area contributed by atoms with Crippen molar-refractivity contribution in [1.82, 2.24) is 0 Å². The molecule has 2 aliphatic rings. The third-order valence-electron chi connectivity index (χ3n) is 4.71. The van der Waals surface area contributed by atoms with E-state index in [4.69, 9.17) is 9.47 Å². The molecule has 0 bridgehead atoms. The first kappa shape index (κ1) is 16.8. The van der Waals surface area contributed by atoms with Gasteiger partial charge in [0.25, 0.3) is 0 Å². The van der Waals surface area contributed by atoms with Crippen molar-refractivity contribution in [1.29, 1.82) is 0 Å². The number of rotatable bonds is 4. The van der Waals surface area contributed by atoms with E-state index >= 15 is 0 Å². The van der Waals surface area contributed by atoms with E-state index < -0.39 is 0 Å². The predicted octanol–water partition coefficient (Wildman–Crippen LogP) is -0.885. The number of piperazine rings is 1. The zero-order valence-corrected chi connectivity index (χ0v) is 14.0. The minimum atomic E-state index is -0.362. The van der Waals surface area contributed by atoms with E-state index in [0.717, 1.165) is 32.4 Å². The van der Waals surface area contributed by atoms with Crippen LogP contribution in [0.2, 0.25) is 0 Å². The Bertz CT molecular complexity index is 363. The summed E-state index contributed by atoms with van der Waals surface area (Å²) in [5.41, 5.74) is -0.362. The van der Waals surface area contributed by atoms with Crippen LogP contribution in [0.3, 0.4) is 0 Å². The van der Waals surface area contributed by atoms with Crippen LogP contribution < -0.4 is 9.80 Å². The molecular weight excluding hydrogens is 264 g/mol. The van der Waals surface area contributed by atoms with Crippen molar-refractivity contribution < 1.29 is 19.3 Å². The highest BCUT2D eigenvalue weighted by molar-refractivity contribution is 5.12. The lowest BCUT2D eigenvalue weighted by molar-refractivity contribution is -1.000. The fourth-order valence-corrected chi connectivity index (χ4v) is 2.86. The maximum Gasteiger partial charge on any atom is 0.159 e. The topological polar surface area (TPSA) is 27.3 Å². The van der Waals surface area contributed by atoms with Gasteiger partial charge in [0.05, 0.1) is 7.05 Å². The van der Waals surface area contributed by atoms with Crippen molar-refractivity contribution in [3.63, 3.8) is 0 Å². The average Bonchev–Trinajstić information content (AvgIpc) is 2.50. The van der Waals surface area contributed by atoms with E-state index in [1.807, 2.05) is 0 Å². The van der Waals surface area contributed by atoms with Gasteiger partial charge in [-0.15, -0.1) is 0 Å². The smallest absolute Gasteiger partial charge is 0.159 e. The minimum Gasteiger partial charge on any atom is -0.353 e. The van der Waals surface area contributed by atoms with Gasteiger partial charge in [-0.3, -0.25) is 0 Å². The first-order valence-electron chi connectivity index (χ1n) is 8.55. The van der Waals surface area contributed by atoms with Crippen LogP contribution in [-0.2, 0) is 9.47 Å². The second kappa shape index (κ2) is 8.14. The van der Waals surface area contributed by atoms with Crippen LogP contribution in [-0.4, -0.2) is 58.3 Å². The van der Waals surface area contributed by atoms with Crippen LogP contribution in [0.5, 0.6) is 0 Å². The molecule has 0 aromatic rings. The van der Waals surface area contributed by atoms with E-state index in [1.165, 1.54) is 32.6 Å². The Hall–Kier alpha value is -0.600. The fourth-order valence-electron chi connectivity index (χ4n) is 2.86. The Morgan fingerprint density at radius 1 is 1.24 bits per heavy atom. The summed E-state index contributed by atoms with van der Waals surface area (Å²) in [5.74, 6) is 6.75. The highest BCUT2D eigenvalue weighted by Crippen LogP contribution is 2.22. The SMILES string of the molecule is CC[C@](C)(C#CC[NH+]1CC[NH+](C)CC1)O[C@@H]1CCCCO1. The van der Waals surface area contributed by atoms with Gasteiger partial charge in [-0.1, -0.05) is 12.8 Å². The van der Waals surface area contributed by atoms with Gasteiger partial charge < -0.3 is 19.3 Å². The maximum absolute atomic E-state index is 6.13. The highest BCUT2D eigenvalue weighted by atomic mass is 16.7. The Balaban J connectivity index is 1.81. The lowest BCUT2D eigenvalue weighted by atomic mass is 10.0. The molecule has 4 nitrogen and oxygen atoms in total. The molecule has 0 unspecified atom stereocenters. The Morgan fingerprint density at radius 2 is 2.00 bits per heavy atom. The van der Waals surface area contributed by atoms with Gasteiger partial charge in [0.15, 0.2) is 6.29 Å². The molecule has 120 valence electrons. The minimum absolute atomic E-state index is 0.0578. The number of ether oxygens (including phenoxy) is 2. The number of quaternary nitrogens is 2. The van der Waals surface area contributed by atoms with E-state index in [-0.39, 0.29) is 11.9 Å². The third kappa shape index (κ3) is 5.60. The van der Waals surface area contributed by atoms with Crippen LogP contribution in [0.4, 0.5) is 0 Å². The van der Waals surface area contributed by atoms with Crippen molar-refractivity contribution in [3.8, 4) is 11.8 Å². The summed E-state index contributed by atoms with van der Waals surface area (Å²) in [6.45, 7) is 11.0. The number of hydrogen-bond donors (Lipinski definition) is 2. The van der Waals surface area contributed by atoms with Gasteiger partial charge in [0, 0.05) is 6.61 Å². The average molecular weight is 296 g/mol. The summed E-state index contributed by atoms with van der Waals surface area (Å²) in [6.07, 6.45) is 4.21.